The molecule has 0 radical (unpaired) electrons. The summed E-state index contributed by atoms with van der Waals surface area (Å²) in [5.41, 5.74) is 10.7. The fraction of sp³-hybridized carbons (Fsp3) is 1.00. The van der Waals surface area contributed by atoms with Crippen LogP contribution in [0.4, 0.5) is 0 Å². The normalized spacial score (nSPS) is 14.1. The van der Waals surface area contributed by atoms with Gasteiger partial charge >= 0.3 is 0 Å². The highest BCUT2D eigenvalue weighted by Crippen LogP contribution is 1.88. The van der Waals surface area contributed by atoms with E-state index in [1.807, 2.05) is 0 Å². The van der Waals surface area contributed by atoms with Gasteiger partial charge in [-0.1, -0.05) is 13.3 Å². The van der Waals surface area contributed by atoms with Crippen LogP contribution in [-0.4, -0.2) is 12.6 Å². The molecule has 0 aliphatic rings. The first-order chi connectivity index (χ1) is 3.31. The Morgan fingerprint density at radius 1 is 1.57 bits per heavy atom. The van der Waals surface area contributed by atoms with Crippen molar-refractivity contribution < 1.29 is 0 Å². The van der Waals surface area contributed by atoms with Crippen molar-refractivity contribution in [3.05, 3.63) is 0 Å². The van der Waals surface area contributed by atoms with Crippen LogP contribution in [0.5, 0.6) is 0 Å². The van der Waals surface area contributed by atoms with Crippen molar-refractivity contribution in [2.45, 2.75) is 25.8 Å². The summed E-state index contributed by atoms with van der Waals surface area (Å²) in [5.74, 6) is 0. The van der Waals surface area contributed by atoms with Crippen LogP contribution in [-0.2, 0) is 0 Å². The largest absolute Gasteiger partial charge is 0.329 e. The van der Waals surface area contributed by atoms with Gasteiger partial charge in [-0.15, -0.1) is 0 Å². The maximum absolute atomic E-state index is 5.46. The van der Waals surface area contributed by atoms with Crippen molar-refractivity contribution in [1.82, 2.24) is 0 Å². The molecule has 0 saturated heterocycles. The summed E-state index contributed by atoms with van der Waals surface area (Å²) in [6.07, 6.45) is 2.19. The van der Waals surface area contributed by atoms with Crippen LogP contribution in [0.3, 0.4) is 0 Å². The van der Waals surface area contributed by atoms with Gasteiger partial charge in [0.05, 0.1) is 0 Å². The molecule has 0 rings (SSSR count). The van der Waals surface area contributed by atoms with Gasteiger partial charge in [-0.2, -0.15) is 0 Å². The van der Waals surface area contributed by atoms with Crippen LogP contribution >= 0.6 is 0 Å². The third-order valence-electron chi connectivity index (χ3n) is 0.962. The topological polar surface area (TPSA) is 52.0 Å². The Morgan fingerprint density at radius 3 is 2.29 bits per heavy atom. The second-order valence-electron chi connectivity index (χ2n) is 1.78. The second kappa shape index (κ2) is 4.09. The van der Waals surface area contributed by atoms with Gasteiger partial charge in [0.25, 0.3) is 0 Å². The molecule has 1 unspecified atom stereocenters. The van der Waals surface area contributed by atoms with E-state index < -0.39 is 0 Å². The summed E-state index contributed by atoms with van der Waals surface area (Å²) in [6, 6.07) is 0.227. The van der Waals surface area contributed by atoms with Gasteiger partial charge in [-0.05, 0) is 6.42 Å². The van der Waals surface area contributed by atoms with Crippen molar-refractivity contribution >= 4 is 0 Å². The predicted octanol–water partition coefficient (Wildman–Crippen LogP) is 0.0725. The number of nitrogens with two attached hydrogens (primary N) is 2. The summed E-state index contributed by atoms with van der Waals surface area (Å²) in [4.78, 5) is 0. The molecule has 44 valence electrons. The molecule has 0 aliphatic heterocycles. The van der Waals surface area contributed by atoms with E-state index in [4.69, 9.17) is 11.5 Å². The van der Waals surface area contributed by atoms with Crippen LogP contribution in [0.15, 0.2) is 0 Å². The molecule has 0 bridgehead atoms. The number of rotatable bonds is 3. The smallest absolute Gasteiger partial charge is 0.0162 e. The molecular formula is C5H14N2. The Labute approximate surface area is 44.9 Å². The quantitative estimate of drug-likeness (QED) is 0.530. The van der Waals surface area contributed by atoms with Gasteiger partial charge in [-0.3, -0.25) is 0 Å². The molecule has 0 aromatic rings. The zero-order valence-corrected chi connectivity index (χ0v) is 4.85. The molecule has 1 atom stereocenters. The Kier molecular flexibility index (Phi) is 4.04. The third-order valence-corrected chi connectivity index (χ3v) is 0.962. The van der Waals surface area contributed by atoms with E-state index in [0.29, 0.717) is 6.54 Å². The van der Waals surface area contributed by atoms with Crippen LogP contribution in [0, 0.1) is 0 Å². The molecule has 0 saturated carbocycles. The molecule has 0 heterocycles. The van der Waals surface area contributed by atoms with Crippen molar-refractivity contribution in [3.8, 4) is 0 Å². The first kappa shape index (κ1) is 6.92. The van der Waals surface area contributed by atoms with E-state index in [1.54, 1.807) is 0 Å². The molecule has 0 aliphatic carbocycles. The molecule has 0 aromatic heterocycles. The summed E-state index contributed by atoms with van der Waals surface area (Å²) < 4.78 is 0. The molecule has 2 nitrogen and oxygen atoms in total. The SMILES string of the molecule is CCCC(N)CN. The van der Waals surface area contributed by atoms with Crippen molar-refractivity contribution in [1.29, 1.82) is 0 Å². The fourth-order valence-electron chi connectivity index (χ4n) is 0.489. The second-order valence-corrected chi connectivity index (χ2v) is 1.78. The number of hydrogen-bond donors (Lipinski definition) is 2. The monoisotopic (exact) mass is 102 g/mol. The van der Waals surface area contributed by atoms with Crippen LogP contribution in [0.1, 0.15) is 19.8 Å². The maximum Gasteiger partial charge on any atom is 0.0162 e. The molecule has 4 N–H and O–H groups in total. The van der Waals surface area contributed by atoms with Gasteiger partial charge in [0.1, 0.15) is 0 Å². The first-order valence-corrected chi connectivity index (χ1v) is 2.77. The Morgan fingerprint density at radius 2 is 2.14 bits per heavy atom. The summed E-state index contributed by atoms with van der Waals surface area (Å²) in [6.45, 7) is 2.73. The van der Waals surface area contributed by atoms with Gasteiger partial charge < -0.3 is 11.5 Å². The van der Waals surface area contributed by atoms with E-state index in [9.17, 15) is 0 Å². The molecule has 0 spiro atoms. The zero-order chi connectivity index (χ0) is 5.70. The lowest BCUT2D eigenvalue weighted by atomic mass is 10.2. The van der Waals surface area contributed by atoms with Gasteiger partial charge in [0.2, 0.25) is 0 Å². The molecule has 7 heavy (non-hydrogen) atoms. The summed E-state index contributed by atoms with van der Waals surface area (Å²) in [5, 5.41) is 0. The van der Waals surface area contributed by atoms with Crippen molar-refractivity contribution in [3.63, 3.8) is 0 Å². The lowest BCUT2D eigenvalue weighted by molar-refractivity contribution is 0.612. The minimum absolute atomic E-state index is 0.227. The number of hydrogen-bond acceptors (Lipinski definition) is 2. The van der Waals surface area contributed by atoms with Gasteiger partial charge in [0.15, 0.2) is 0 Å². The molecule has 0 fully saturated rings. The molecule has 0 amide bonds. The standard InChI is InChI=1S/C5H14N2/c1-2-3-5(7)4-6/h5H,2-4,6-7H2,1H3. The van der Waals surface area contributed by atoms with E-state index in [1.165, 1.54) is 0 Å². The fourth-order valence-corrected chi connectivity index (χ4v) is 0.489. The molecular weight excluding hydrogens is 88.1 g/mol. The highest BCUT2D eigenvalue weighted by atomic mass is 14.7. The molecule has 2 heteroatoms. The lowest BCUT2D eigenvalue weighted by Gasteiger charge is -2.03. The van der Waals surface area contributed by atoms with Crippen molar-refractivity contribution in [2.24, 2.45) is 11.5 Å². The Balaban J connectivity index is 2.83. The summed E-state index contributed by atoms with van der Waals surface area (Å²) in [7, 11) is 0. The average molecular weight is 102 g/mol. The third kappa shape index (κ3) is 3.76. The predicted molar refractivity (Wildman–Crippen MR) is 31.9 cm³/mol. The zero-order valence-electron chi connectivity index (χ0n) is 4.85. The maximum atomic E-state index is 5.46. The highest BCUT2D eigenvalue weighted by Gasteiger charge is 1.93. The highest BCUT2D eigenvalue weighted by molar-refractivity contribution is 4.58. The van der Waals surface area contributed by atoms with Crippen LogP contribution in [0.25, 0.3) is 0 Å². The summed E-state index contributed by atoms with van der Waals surface area (Å²) >= 11 is 0. The first-order valence-electron chi connectivity index (χ1n) is 2.77. The minimum atomic E-state index is 0.227. The van der Waals surface area contributed by atoms with E-state index in [-0.39, 0.29) is 6.04 Å². The lowest BCUT2D eigenvalue weighted by Crippen LogP contribution is -2.28. The van der Waals surface area contributed by atoms with Crippen LogP contribution < -0.4 is 11.5 Å². The van der Waals surface area contributed by atoms with Crippen molar-refractivity contribution in [2.75, 3.05) is 6.54 Å². The Bertz CT molecular complexity index is 37.1. The van der Waals surface area contributed by atoms with E-state index in [0.717, 1.165) is 12.8 Å². The average Bonchev–Trinajstić information content (AvgIpc) is 1.68. The van der Waals surface area contributed by atoms with E-state index in [2.05, 4.69) is 6.92 Å². The molecule has 0 aromatic carbocycles. The van der Waals surface area contributed by atoms with Gasteiger partial charge in [0, 0.05) is 12.6 Å². The minimum Gasteiger partial charge on any atom is -0.329 e. The van der Waals surface area contributed by atoms with Crippen LogP contribution in [0.2, 0.25) is 0 Å². The van der Waals surface area contributed by atoms with Gasteiger partial charge in [-0.25, -0.2) is 0 Å². The van der Waals surface area contributed by atoms with E-state index >= 15 is 0 Å². The Hall–Kier alpha value is -0.0800.